The van der Waals surface area contributed by atoms with E-state index in [1.165, 1.54) is 0 Å². The first kappa shape index (κ1) is 17.3. The van der Waals surface area contributed by atoms with E-state index in [2.05, 4.69) is 20.3 Å². The number of hydrogen-bond donors (Lipinski definition) is 2. The molecule has 2 aromatic rings. The number of rotatable bonds is 6. The highest BCUT2D eigenvalue weighted by atomic mass is 16.3. The number of aryl methyl sites for hydroxylation is 1. The van der Waals surface area contributed by atoms with Crippen molar-refractivity contribution in [3.63, 3.8) is 0 Å². The number of nitrogens with zero attached hydrogens (tertiary/aromatic N) is 5. The van der Waals surface area contributed by atoms with Crippen LogP contribution in [-0.2, 0) is 17.8 Å². The average molecular weight is 344 g/mol. The number of aromatic nitrogens is 4. The molecular weight excluding hydrogens is 320 g/mol. The molecule has 134 valence electrons. The fourth-order valence-electron chi connectivity index (χ4n) is 3.18. The molecular formula is C17H24N6O2. The van der Waals surface area contributed by atoms with E-state index in [1.807, 2.05) is 16.4 Å². The molecule has 1 atom stereocenters. The van der Waals surface area contributed by atoms with Crippen LogP contribution in [0.5, 0.6) is 0 Å². The maximum atomic E-state index is 12.2. The number of hydrogen-bond acceptors (Lipinski definition) is 6. The van der Waals surface area contributed by atoms with Crippen molar-refractivity contribution >= 4 is 11.7 Å². The van der Waals surface area contributed by atoms with Crippen LogP contribution in [-0.4, -0.2) is 55.8 Å². The molecule has 25 heavy (non-hydrogen) atoms. The summed E-state index contributed by atoms with van der Waals surface area (Å²) in [4.78, 5) is 26.8. The summed E-state index contributed by atoms with van der Waals surface area (Å²) in [5, 5.41) is 13.7. The Morgan fingerprint density at radius 2 is 2.24 bits per heavy atom. The fraction of sp³-hybridized carbons (Fsp3) is 0.529. The van der Waals surface area contributed by atoms with Gasteiger partial charge < -0.3 is 19.9 Å². The Balaban J connectivity index is 1.55. The second-order valence-corrected chi connectivity index (χ2v) is 6.41. The average Bonchev–Trinajstić information content (AvgIpc) is 3.08. The van der Waals surface area contributed by atoms with Gasteiger partial charge in [0, 0.05) is 50.8 Å². The summed E-state index contributed by atoms with van der Waals surface area (Å²) in [5.74, 6) is 1.50. The lowest BCUT2D eigenvalue weighted by molar-refractivity contribution is -0.123. The highest BCUT2D eigenvalue weighted by Gasteiger charge is 2.34. The molecule has 8 heteroatoms. The number of carbonyl (C=O) groups excluding carboxylic acids is 1. The Bertz CT molecular complexity index is 704. The van der Waals surface area contributed by atoms with Crippen LogP contribution in [0.15, 0.2) is 31.0 Å². The molecule has 2 N–H and O–H groups in total. The molecule has 0 saturated carbocycles. The highest BCUT2D eigenvalue weighted by molar-refractivity contribution is 5.75. The molecule has 1 aliphatic heterocycles. The van der Waals surface area contributed by atoms with Crippen molar-refractivity contribution in [1.82, 2.24) is 24.8 Å². The van der Waals surface area contributed by atoms with Gasteiger partial charge in [-0.3, -0.25) is 9.78 Å². The lowest BCUT2D eigenvalue weighted by Gasteiger charge is -2.39. The van der Waals surface area contributed by atoms with E-state index in [1.54, 1.807) is 31.0 Å². The zero-order chi connectivity index (χ0) is 17.7. The Morgan fingerprint density at radius 3 is 3.00 bits per heavy atom. The maximum Gasteiger partial charge on any atom is 0.240 e. The van der Waals surface area contributed by atoms with Crippen LogP contribution in [0.1, 0.15) is 25.6 Å². The predicted molar refractivity (Wildman–Crippen MR) is 93.0 cm³/mol. The Hall–Kier alpha value is -2.48. The van der Waals surface area contributed by atoms with Gasteiger partial charge in [0.1, 0.15) is 18.2 Å². The summed E-state index contributed by atoms with van der Waals surface area (Å²) in [6.07, 6.45) is 10.7. The summed E-state index contributed by atoms with van der Waals surface area (Å²) in [7, 11) is 0. The van der Waals surface area contributed by atoms with Crippen molar-refractivity contribution in [2.75, 3.05) is 24.5 Å². The smallest absolute Gasteiger partial charge is 0.240 e. The summed E-state index contributed by atoms with van der Waals surface area (Å²) in [5.41, 5.74) is -0.964. The molecule has 1 amide bonds. The van der Waals surface area contributed by atoms with Crippen LogP contribution in [0, 0.1) is 0 Å². The van der Waals surface area contributed by atoms with Crippen molar-refractivity contribution < 1.29 is 9.90 Å². The lowest BCUT2D eigenvalue weighted by Crippen LogP contribution is -2.54. The van der Waals surface area contributed by atoms with Gasteiger partial charge in [-0.2, -0.15) is 0 Å². The number of piperidine rings is 1. The van der Waals surface area contributed by atoms with Crippen molar-refractivity contribution in [3.05, 3.63) is 36.8 Å². The zero-order valence-electron chi connectivity index (χ0n) is 14.4. The zero-order valence-corrected chi connectivity index (χ0v) is 14.4. The topological polar surface area (TPSA) is 96.2 Å². The monoisotopic (exact) mass is 344 g/mol. The van der Waals surface area contributed by atoms with Gasteiger partial charge in [-0.05, 0) is 12.8 Å². The van der Waals surface area contributed by atoms with Crippen LogP contribution in [0.3, 0.4) is 0 Å². The Labute approximate surface area is 146 Å². The fourth-order valence-corrected chi connectivity index (χ4v) is 3.18. The third-order valence-corrected chi connectivity index (χ3v) is 4.48. The van der Waals surface area contributed by atoms with E-state index in [0.717, 1.165) is 31.0 Å². The SMILES string of the molecule is CCc1nccn1CC(=O)NC[C@]1(O)CCCN(c2cnccn2)C1. The van der Waals surface area contributed by atoms with Gasteiger partial charge in [0.2, 0.25) is 5.91 Å². The summed E-state index contributed by atoms with van der Waals surface area (Å²) < 4.78 is 1.83. The number of amides is 1. The quantitative estimate of drug-likeness (QED) is 0.787. The molecule has 0 bridgehead atoms. The molecule has 3 heterocycles. The number of nitrogens with one attached hydrogen (secondary N) is 1. The van der Waals surface area contributed by atoms with Crippen LogP contribution in [0.25, 0.3) is 0 Å². The van der Waals surface area contributed by atoms with Crippen LogP contribution in [0.2, 0.25) is 0 Å². The van der Waals surface area contributed by atoms with E-state index in [9.17, 15) is 9.90 Å². The number of β-amino-alcohol motifs (C(OH)–C–C–N with tert-alkyl or cyclic N) is 1. The summed E-state index contributed by atoms with van der Waals surface area (Å²) >= 11 is 0. The number of anilines is 1. The van der Waals surface area contributed by atoms with Gasteiger partial charge in [-0.1, -0.05) is 6.92 Å². The second kappa shape index (κ2) is 7.60. The van der Waals surface area contributed by atoms with E-state index >= 15 is 0 Å². The molecule has 1 aliphatic rings. The first-order valence-electron chi connectivity index (χ1n) is 8.60. The number of carbonyl (C=O) groups is 1. The van der Waals surface area contributed by atoms with E-state index in [4.69, 9.17) is 0 Å². The largest absolute Gasteiger partial charge is 0.386 e. The molecule has 8 nitrogen and oxygen atoms in total. The van der Waals surface area contributed by atoms with E-state index < -0.39 is 5.60 Å². The third kappa shape index (κ3) is 4.33. The van der Waals surface area contributed by atoms with Gasteiger partial charge in [0.25, 0.3) is 0 Å². The number of aliphatic hydroxyl groups is 1. The molecule has 0 unspecified atom stereocenters. The minimum atomic E-state index is -0.964. The first-order chi connectivity index (χ1) is 12.1. The molecule has 0 aliphatic carbocycles. The van der Waals surface area contributed by atoms with E-state index in [0.29, 0.717) is 13.0 Å². The third-order valence-electron chi connectivity index (χ3n) is 4.48. The van der Waals surface area contributed by atoms with Crippen LogP contribution < -0.4 is 10.2 Å². The predicted octanol–water partition coefficient (Wildman–Crippen LogP) is 0.383. The normalized spacial score (nSPS) is 20.5. The molecule has 0 spiro atoms. The van der Waals surface area contributed by atoms with Crippen molar-refractivity contribution in [3.8, 4) is 0 Å². The number of imidazole rings is 1. The molecule has 1 fully saturated rings. The first-order valence-corrected chi connectivity index (χ1v) is 8.60. The standard InChI is InChI=1S/C17H24N6O2/c1-2-14-20-7-9-22(14)11-16(24)21-12-17(25)4-3-8-23(13-17)15-10-18-5-6-19-15/h5-7,9-10,25H,2-4,8,11-13H2,1H3,(H,21,24)/t17-/m1/s1. The van der Waals surface area contributed by atoms with Gasteiger partial charge in [0.15, 0.2) is 0 Å². The maximum absolute atomic E-state index is 12.2. The minimum absolute atomic E-state index is 0.127. The minimum Gasteiger partial charge on any atom is -0.386 e. The molecule has 2 aromatic heterocycles. The van der Waals surface area contributed by atoms with Gasteiger partial charge in [-0.25, -0.2) is 9.97 Å². The summed E-state index contributed by atoms with van der Waals surface area (Å²) in [6, 6.07) is 0. The Kier molecular flexibility index (Phi) is 5.28. The molecule has 3 rings (SSSR count). The van der Waals surface area contributed by atoms with Crippen LogP contribution in [0.4, 0.5) is 5.82 Å². The van der Waals surface area contributed by atoms with Crippen molar-refractivity contribution in [1.29, 1.82) is 0 Å². The van der Waals surface area contributed by atoms with Gasteiger partial charge in [0.05, 0.1) is 11.8 Å². The molecule has 0 aromatic carbocycles. The molecule has 1 saturated heterocycles. The highest BCUT2D eigenvalue weighted by Crippen LogP contribution is 2.23. The summed E-state index contributed by atoms with van der Waals surface area (Å²) in [6.45, 7) is 3.69. The van der Waals surface area contributed by atoms with E-state index in [-0.39, 0.29) is 19.0 Å². The van der Waals surface area contributed by atoms with Gasteiger partial charge in [-0.15, -0.1) is 0 Å². The van der Waals surface area contributed by atoms with Gasteiger partial charge >= 0.3 is 0 Å². The lowest BCUT2D eigenvalue weighted by atomic mass is 9.92. The van der Waals surface area contributed by atoms with Crippen LogP contribution >= 0.6 is 0 Å². The van der Waals surface area contributed by atoms with Crippen molar-refractivity contribution in [2.24, 2.45) is 0 Å². The Morgan fingerprint density at radius 1 is 1.36 bits per heavy atom. The van der Waals surface area contributed by atoms with Crippen molar-refractivity contribution in [2.45, 2.75) is 38.3 Å². The second-order valence-electron chi connectivity index (χ2n) is 6.41. The molecule has 0 radical (unpaired) electrons.